The first-order valence-corrected chi connectivity index (χ1v) is 8.06. The average molecular weight is 382 g/mol. The molecule has 124 valence electrons. The van der Waals surface area contributed by atoms with Gasteiger partial charge in [0.1, 0.15) is 18.1 Å². The quantitative estimate of drug-likeness (QED) is 0.743. The number of halogens is 4. The Morgan fingerprint density at radius 1 is 1.32 bits per heavy atom. The van der Waals surface area contributed by atoms with Gasteiger partial charge in [0.2, 0.25) is 0 Å². The molecule has 1 atom stereocenters. The maximum Gasteiger partial charge on any atom is 0.573 e. The first-order valence-electron chi connectivity index (χ1n) is 7.27. The number of hydrogen-bond donors (Lipinski definition) is 0. The van der Waals surface area contributed by atoms with Crippen LogP contribution >= 0.6 is 15.9 Å². The van der Waals surface area contributed by atoms with E-state index < -0.39 is 6.36 Å². The largest absolute Gasteiger partial charge is 0.573 e. The SMILES string of the molecule is CC1CCCCN1CCOc1cc(OC(F)(F)F)ccc1Br. The van der Waals surface area contributed by atoms with E-state index in [1.54, 1.807) is 0 Å². The smallest absolute Gasteiger partial charge is 0.491 e. The maximum absolute atomic E-state index is 12.2. The number of nitrogens with zero attached hydrogens (tertiary/aromatic N) is 1. The van der Waals surface area contributed by atoms with Gasteiger partial charge in [-0.25, -0.2) is 0 Å². The molecule has 3 nitrogen and oxygen atoms in total. The predicted octanol–water partition coefficient (Wildman–Crippen LogP) is 4.60. The molecule has 1 aromatic rings. The Hall–Kier alpha value is -0.950. The highest BCUT2D eigenvalue weighted by Gasteiger charge is 2.31. The Labute approximate surface area is 136 Å². The molecule has 0 N–H and O–H groups in total. The third-order valence-corrected chi connectivity index (χ3v) is 4.37. The third kappa shape index (κ3) is 5.35. The predicted molar refractivity (Wildman–Crippen MR) is 81.2 cm³/mol. The molecule has 0 radical (unpaired) electrons. The van der Waals surface area contributed by atoms with Crippen LogP contribution in [0.5, 0.6) is 11.5 Å². The van der Waals surface area contributed by atoms with E-state index in [9.17, 15) is 13.2 Å². The summed E-state index contributed by atoms with van der Waals surface area (Å²) in [6.07, 6.45) is -1.09. The zero-order valence-electron chi connectivity index (χ0n) is 12.3. The lowest BCUT2D eigenvalue weighted by Crippen LogP contribution is -2.39. The van der Waals surface area contributed by atoms with E-state index in [1.807, 2.05) is 0 Å². The van der Waals surface area contributed by atoms with Gasteiger partial charge in [-0.15, -0.1) is 13.2 Å². The van der Waals surface area contributed by atoms with Gasteiger partial charge in [0.25, 0.3) is 0 Å². The van der Waals surface area contributed by atoms with Crippen LogP contribution in [-0.4, -0.2) is 37.0 Å². The molecule has 1 saturated heterocycles. The molecule has 1 aliphatic heterocycles. The summed E-state index contributed by atoms with van der Waals surface area (Å²) in [5.41, 5.74) is 0. The van der Waals surface area contributed by atoms with Crippen LogP contribution < -0.4 is 9.47 Å². The van der Waals surface area contributed by atoms with E-state index in [0.717, 1.165) is 13.1 Å². The summed E-state index contributed by atoms with van der Waals surface area (Å²) in [6, 6.07) is 4.51. The molecule has 0 bridgehead atoms. The van der Waals surface area contributed by atoms with Gasteiger partial charge in [0.05, 0.1) is 4.47 Å². The van der Waals surface area contributed by atoms with Gasteiger partial charge in [-0.3, -0.25) is 4.90 Å². The number of hydrogen-bond acceptors (Lipinski definition) is 3. The molecule has 1 aliphatic rings. The van der Waals surface area contributed by atoms with Crippen LogP contribution in [-0.2, 0) is 0 Å². The minimum atomic E-state index is -4.70. The Kier molecular flexibility index (Phi) is 5.97. The number of piperidine rings is 1. The zero-order chi connectivity index (χ0) is 16.2. The van der Waals surface area contributed by atoms with Gasteiger partial charge >= 0.3 is 6.36 Å². The minimum Gasteiger partial charge on any atom is -0.491 e. The first-order chi connectivity index (χ1) is 10.3. The third-order valence-electron chi connectivity index (χ3n) is 3.71. The van der Waals surface area contributed by atoms with Crippen LogP contribution in [0.15, 0.2) is 22.7 Å². The van der Waals surface area contributed by atoms with Crippen molar-refractivity contribution < 1.29 is 22.6 Å². The van der Waals surface area contributed by atoms with Crippen molar-refractivity contribution in [1.29, 1.82) is 0 Å². The molecule has 2 rings (SSSR count). The molecule has 1 aromatic carbocycles. The molecule has 7 heteroatoms. The van der Waals surface area contributed by atoms with Crippen molar-refractivity contribution in [1.82, 2.24) is 4.90 Å². The highest BCUT2D eigenvalue weighted by molar-refractivity contribution is 9.10. The second-order valence-electron chi connectivity index (χ2n) is 5.37. The minimum absolute atomic E-state index is 0.281. The van der Waals surface area contributed by atoms with E-state index in [-0.39, 0.29) is 5.75 Å². The summed E-state index contributed by atoms with van der Waals surface area (Å²) in [5, 5.41) is 0. The lowest BCUT2D eigenvalue weighted by molar-refractivity contribution is -0.274. The van der Waals surface area contributed by atoms with Gasteiger partial charge in [0.15, 0.2) is 0 Å². The Bertz CT molecular complexity index is 496. The van der Waals surface area contributed by atoms with Crippen molar-refractivity contribution in [3.8, 4) is 11.5 Å². The van der Waals surface area contributed by atoms with Crippen molar-refractivity contribution >= 4 is 15.9 Å². The Morgan fingerprint density at radius 3 is 2.77 bits per heavy atom. The molecule has 0 aromatic heterocycles. The molecule has 0 spiro atoms. The second-order valence-corrected chi connectivity index (χ2v) is 6.22. The molecular weight excluding hydrogens is 363 g/mol. The summed E-state index contributed by atoms with van der Waals surface area (Å²) >= 11 is 3.27. The lowest BCUT2D eigenvalue weighted by atomic mass is 10.0. The molecule has 0 aliphatic carbocycles. The number of alkyl halides is 3. The van der Waals surface area contributed by atoms with E-state index >= 15 is 0 Å². The number of benzene rings is 1. The molecule has 1 fully saturated rings. The van der Waals surface area contributed by atoms with Crippen molar-refractivity contribution in [2.75, 3.05) is 19.7 Å². The standard InChI is InChI=1S/C15H19BrF3NO2/c1-11-4-2-3-7-20(11)8-9-21-14-10-12(5-6-13(14)16)22-15(17,18)19/h5-6,10-11H,2-4,7-9H2,1H3. The number of likely N-dealkylation sites (tertiary alicyclic amines) is 1. The molecule has 22 heavy (non-hydrogen) atoms. The lowest BCUT2D eigenvalue weighted by Gasteiger charge is -2.33. The van der Waals surface area contributed by atoms with Crippen LogP contribution in [0.25, 0.3) is 0 Å². The van der Waals surface area contributed by atoms with E-state index in [1.165, 1.54) is 37.5 Å². The highest BCUT2D eigenvalue weighted by Crippen LogP contribution is 2.32. The van der Waals surface area contributed by atoms with Crippen molar-refractivity contribution in [3.05, 3.63) is 22.7 Å². The monoisotopic (exact) mass is 381 g/mol. The zero-order valence-corrected chi connectivity index (χ0v) is 13.9. The van der Waals surface area contributed by atoms with E-state index in [2.05, 4.69) is 32.5 Å². The van der Waals surface area contributed by atoms with Crippen LogP contribution in [0.2, 0.25) is 0 Å². The fraction of sp³-hybridized carbons (Fsp3) is 0.600. The summed E-state index contributed by atoms with van der Waals surface area (Å²) in [6.45, 7) is 4.42. The molecule has 1 heterocycles. The van der Waals surface area contributed by atoms with E-state index in [4.69, 9.17) is 4.74 Å². The number of ether oxygens (including phenoxy) is 2. The number of rotatable bonds is 5. The van der Waals surface area contributed by atoms with Crippen LogP contribution in [0.1, 0.15) is 26.2 Å². The first kappa shape index (κ1) is 17.4. The fourth-order valence-electron chi connectivity index (χ4n) is 2.55. The summed E-state index contributed by atoms with van der Waals surface area (Å²) in [4.78, 5) is 2.34. The molecule has 1 unspecified atom stereocenters. The van der Waals surface area contributed by atoms with Gasteiger partial charge in [-0.2, -0.15) is 0 Å². The van der Waals surface area contributed by atoms with Gasteiger partial charge < -0.3 is 9.47 Å². The van der Waals surface area contributed by atoms with Gasteiger partial charge in [-0.1, -0.05) is 6.42 Å². The fourth-order valence-corrected chi connectivity index (χ4v) is 2.92. The Balaban J connectivity index is 1.90. The van der Waals surface area contributed by atoms with Gasteiger partial charge in [-0.05, 0) is 54.4 Å². The summed E-state index contributed by atoms with van der Waals surface area (Å²) in [7, 11) is 0. The normalized spacial score (nSPS) is 20.0. The summed E-state index contributed by atoms with van der Waals surface area (Å²) in [5.74, 6) is 0.0726. The van der Waals surface area contributed by atoms with Gasteiger partial charge in [0, 0.05) is 18.7 Å². The Morgan fingerprint density at radius 2 is 2.09 bits per heavy atom. The topological polar surface area (TPSA) is 21.7 Å². The van der Waals surface area contributed by atoms with Crippen LogP contribution in [0, 0.1) is 0 Å². The summed E-state index contributed by atoms with van der Waals surface area (Å²) < 4.78 is 46.8. The van der Waals surface area contributed by atoms with Crippen molar-refractivity contribution in [3.63, 3.8) is 0 Å². The second kappa shape index (κ2) is 7.55. The average Bonchev–Trinajstić information content (AvgIpc) is 2.43. The van der Waals surface area contributed by atoms with Crippen LogP contribution in [0.4, 0.5) is 13.2 Å². The molecule has 0 saturated carbocycles. The van der Waals surface area contributed by atoms with E-state index in [0.29, 0.717) is 22.9 Å². The maximum atomic E-state index is 12.2. The van der Waals surface area contributed by atoms with Crippen molar-refractivity contribution in [2.45, 2.75) is 38.6 Å². The van der Waals surface area contributed by atoms with Crippen LogP contribution in [0.3, 0.4) is 0 Å². The van der Waals surface area contributed by atoms with Crippen molar-refractivity contribution in [2.24, 2.45) is 0 Å². The molecule has 0 amide bonds. The highest BCUT2D eigenvalue weighted by atomic mass is 79.9. The molecular formula is C15H19BrF3NO2.